The van der Waals surface area contributed by atoms with Crippen molar-refractivity contribution in [1.82, 2.24) is 19.1 Å². The third kappa shape index (κ3) is 6.25. The fourth-order valence-corrected chi connectivity index (χ4v) is 9.75. The van der Waals surface area contributed by atoms with Crippen LogP contribution in [0.1, 0.15) is 11.1 Å². The van der Waals surface area contributed by atoms with Gasteiger partial charge in [-0.1, -0.05) is 146 Å². The molecular formula is C60H36N6. The molecule has 0 bridgehead atoms. The van der Waals surface area contributed by atoms with Crippen LogP contribution in [0.2, 0.25) is 0 Å². The van der Waals surface area contributed by atoms with E-state index >= 15 is 0 Å². The second kappa shape index (κ2) is 15.8. The van der Waals surface area contributed by atoms with Gasteiger partial charge in [-0.05, 0) is 77.4 Å². The Morgan fingerprint density at radius 3 is 1.36 bits per heavy atom. The molecule has 4 heterocycles. The Balaban J connectivity index is 1.14. The van der Waals surface area contributed by atoms with Gasteiger partial charge in [0.15, 0.2) is 0 Å². The van der Waals surface area contributed by atoms with E-state index < -0.39 is 0 Å². The van der Waals surface area contributed by atoms with Crippen molar-refractivity contribution in [3.05, 3.63) is 230 Å². The third-order valence-corrected chi connectivity index (χ3v) is 12.7. The molecular weight excluding hydrogens is 805 g/mol. The van der Waals surface area contributed by atoms with Crippen molar-refractivity contribution in [3.8, 4) is 79.4 Å². The van der Waals surface area contributed by atoms with Gasteiger partial charge < -0.3 is 9.13 Å². The van der Waals surface area contributed by atoms with Crippen LogP contribution in [-0.4, -0.2) is 19.1 Å². The van der Waals surface area contributed by atoms with Gasteiger partial charge in [0.1, 0.15) is 6.07 Å². The Bertz CT molecular complexity index is 3960. The van der Waals surface area contributed by atoms with Crippen LogP contribution in [0.5, 0.6) is 0 Å². The van der Waals surface area contributed by atoms with E-state index in [2.05, 4.69) is 143 Å². The summed E-state index contributed by atoms with van der Waals surface area (Å²) in [4.78, 5) is 9.72. The van der Waals surface area contributed by atoms with Gasteiger partial charge in [-0.2, -0.15) is 10.5 Å². The summed E-state index contributed by atoms with van der Waals surface area (Å²) in [5.74, 6) is 0. The summed E-state index contributed by atoms with van der Waals surface area (Å²) in [7, 11) is 0. The number of nitriles is 2. The van der Waals surface area contributed by atoms with Crippen LogP contribution in [-0.2, 0) is 0 Å². The summed E-state index contributed by atoms with van der Waals surface area (Å²) in [6, 6.07) is 75.7. The van der Waals surface area contributed by atoms with Crippen LogP contribution in [0.25, 0.3) is 111 Å². The van der Waals surface area contributed by atoms with Gasteiger partial charge in [0.25, 0.3) is 0 Å². The first-order chi connectivity index (χ1) is 32.7. The minimum Gasteiger partial charge on any atom is -0.309 e. The van der Waals surface area contributed by atoms with Gasteiger partial charge in [-0.25, -0.2) is 0 Å². The number of fused-ring (bicyclic) bond motifs is 6. The Hall–Kier alpha value is -9.36. The Morgan fingerprint density at radius 2 is 0.818 bits per heavy atom. The van der Waals surface area contributed by atoms with Crippen molar-refractivity contribution < 1.29 is 0 Å². The lowest BCUT2D eigenvalue weighted by Gasteiger charge is -2.19. The van der Waals surface area contributed by atoms with Crippen LogP contribution in [0.15, 0.2) is 219 Å². The SMILES string of the molecule is N#Cc1cccc(-c2cc(-n3c4ccccc4c4ccc(-c5cccnc5-c5ccccc5)cc43)c(C#N)cc2-n2c3ccccc3c3ccc(-c4cccnc4-c4ccccc4)cc32)c1. The van der Waals surface area contributed by atoms with Gasteiger partial charge in [-0.3, -0.25) is 9.97 Å². The van der Waals surface area contributed by atoms with Crippen molar-refractivity contribution >= 4 is 43.6 Å². The number of rotatable bonds is 7. The highest BCUT2D eigenvalue weighted by molar-refractivity contribution is 6.12. The normalized spacial score (nSPS) is 11.3. The molecule has 0 radical (unpaired) electrons. The predicted octanol–water partition coefficient (Wildman–Crippen LogP) is 14.7. The maximum Gasteiger partial charge on any atom is 0.101 e. The van der Waals surface area contributed by atoms with Gasteiger partial charge >= 0.3 is 0 Å². The number of pyridine rings is 2. The molecule has 0 aliphatic carbocycles. The van der Waals surface area contributed by atoms with Crippen molar-refractivity contribution in [3.63, 3.8) is 0 Å². The summed E-state index contributed by atoms with van der Waals surface area (Å²) in [5, 5.41) is 25.9. The molecule has 0 spiro atoms. The highest BCUT2D eigenvalue weighted by Crippen LogP contribution is 2.43. The van der Waals surface area contributed by atoms with E-state index in [-0.39, 0.29) is 0 Å². The number of para-hydroxylation sites is 2. The molecule has 4 aromatic heterocycles. The molecule has 0 atom stereocenters. The molecule has 0 fully saturated rings. The molecule has 6 heteroatoms. The molecule has 0 aliphatic heterocycles. The molecule has 0 aliphatic rings. The standard InChI is InChI=1S/C60H36N6/c61-37-39-14-11-19-42(32-39)52-36-55(65-53-24-9-7-20-48(53)50-28-26-43(33-56(50)65)46-22-12-30-63-59(46)40-15-3-1-4-16-40)45(38-62)35-58(52)66-54-25-10-8-21-49(54)51-29-27-44(34-57(51)66)47-23-13-31-64-60(47)41-17-5-2-6-18-41/h1-36H. The van der Waals surface area contributed by atoms with E-state index in [1.165, 1.54) is 0 Å². The fraction of sp³-hybridized carbons (Fsp3) is 0. The highest BCUT2D eigenvalue weighted by atomic mass is 15.0. The fourth-order valence-electron chi connectivity index (χ4n) is 9.75. The minimum atomic E-state index is 0.505. The van der Waals surface area contributed by atoms with E-state index in [9.17, 15) is 10.5 Å². The lowest BCUT2D eigenvalue weighted by molar-refractivity contribution is 1.14. The average molecular weight is 841 g/mol. The molecule has 66 heavy (non-hydrogen) atoms. The summed E-state index contributed by atoms with van der Waals surface area (Å²) in [6.45, 7) is 0. The molecule has 8 aromatic carbocycles. The van der Waals surface area contributed by atoms with Gasteiger partial charge in [0.05, 0.1) is 62.0 Å². The Morgan fingerprint density at radius 1 is 0.333 bits per heavy atom. The smallest absolute Gasteiger partial charge is 0.101 e. The molecule has 0 saturated carbocycles. The lowest BCUT2D eigenvalue weighted by atomic mass is 9.97. The third-order valence-electron chi connectivity index (χ3n) is 12.7. The van der Waals surface area contributed by atoms with Gasteiger partial charge in [0.2, 0.25) is 0 Å². The zero-order chi connectivity index (χ0) is 44.1. The molecule has 12 rings (SSSR count). The molecule has 0 N–H and O–H groups in total. The largest absolute Gasteiger partial charge is 0.309 e. The van der Waals surface area contributed by atoms with Gasteiger partial charge in [-0.15, -0.1) is 0 Å². The average Bonchev–Trinajstić information content (AvgIpc) is 3.90. The van der Waals surface area contributed by atoms with Crippen molar-refractivity contribution in [2.24, 2.45) is 0 Å². The van der Waals surface area contributed by atoms with Gasteiger partial charge in [0, 0.05) is 61.8 Å². The van der Waals surface area contributed by atoms with E-state index in [1.807, 2.05) is 97.3 Å². The van der Waals surface area contributed by atoms with Crippen molar-refractivity contribution in [2.75, 3.05) is 0 Å². The van der Waals surface area contributed by atoms with E-state index in [4.69, 9.17) is 9.97 Å². The molecule has 0 unspecified atom stereocenters. The number of nitrogens with zero attached hydrogens (tertiary/aromatic N) is 6. The molecule has 0 amide bonds. The maximum atomic E-state index is 11.3. The van der Waals surface area contributed by atoms with E-state index in [0.29, 0.717) is 11.1 Å². The number of aromatic nitrogens is 4. The Kier molecular flexibility index (Phi) is 9.16. The zero-order valence-electron chi connectivity index (χ0n) is 35.5. The van der Waals surface area contributed by atoms with Crippen LogP contribution < -0.4 is 0 Å². The van der Waals surface area contributed by atoms with E-state index in [1.54, 1.807) is 0 Å². The van der Waals surface area contributed by atoms with Crippen molar-refractivity contribution in [1.29, 1.82) is 10.5 Å². The lowest BCUT2D eigenvalue weighted by Crippen LogP contribution is -2.04. The minimum absolute atomic E-state index is 0.505. The summed E-state index contributed by atoms with van der Waals surface area (Å²) >= 11 is 0. The molecule has 306 valence electrons. The zero-order valence-corrected chi connectivity index (χ0v) is 35.5. The number of benzene rings is 8. The summed E-state index contributed by atoms with van der Waals surface area (Å²) in [5.41, 5.74) is 16.2. The maximum absolute atomic E-state index is 11.3. The molecule has 0 saturated heterocycles. The topological polar surface area (TPSA) is 83.2 Å². The highest BCUT2D eigenvalue weighted by Gasteiger charge is 2.23. The second-order valence-corrected chi connectivity index (χ2v) is 16.4. The van der Waals surface area contributed by atoms with E-state index in [0.717, 1.165) is 111 Å². The summed E-state index contributed by atoms with van der Waals surface area (Å²) < 4.78 is 4.51. The van der Waals surface area contributed by atoms with Crippen LogP contribution in [0.3, 0.4) is 0 Å². The monoisotopic (exact) mass is 840 g/mol. The second-order valence-electron chi connectivity index (χ2n) is 16.4. The van der Waals surface area contributed by atoms with Crippen LogP contribution >= 0.6 is 0 Å². The number of hydrogen-bond acceptors (Lipinski definition) is 4. The summed E-state index contributed by atoms with van der Waals surface area (Å²) in [6.07, 6.45) is 3.68. The molecule has 6 nitrogen and oxygen atoms in total. The molecule has 12 aromatic rings. The first-order valence-electron chi connectivity index (χ1n) is 21.8. The van der Waals surface area contributed by atoms with Crippen molar-refractivity contribution in [2.45, 2.75) is 0 Å². The predicted molar refractivity (Wildman–Crippen MR) is 267 cm³/mol. The van der Waals surface area contributed by atoms with Crippen LogP contribution in [0, 0.1) is 22.7 Å². The first-order valence-corrected chi connectivity index (χ1v) is 21.8. The Labute approximate surface area is 380 Å². The number of hydrogen-bond donors (Lipinski definition) is 0. The van der Waals surface area contributed by atoms with Crippen LogP contribution in [0.4, 0.5) is 0 Å². The quantitative estimate of drug-likeness (QED) is 0.160. The first kappa shape index (κ1) is 38.3.